The Hall–Kier alpha value is -3.97. The van der Waals surface area contributed by atoms with Crippen LogP contribution in [0.3, 0.4) is 0 Å². The first-order chi connectivity index (χ1) is 27.9. The summed E-state index contributed by atoms with van der Waals surface area (Å²) in [5.74, 6) is 0. The van der Waals surface area contributed by atoms with Gasteiger partial charge in [-0.2, -0.15) is 0 Å². The third-order valence-corrected chi connectivity index (χ3v) is 11.2. The van der Waals surface area contributed by atoms with Gasteiger partial charge in [-0.1, -0.05) is 61.9 Å². The van der Waals surface area contributed by atoms with Gasteiger partial charge >= 0.3 is 23.6 Å². The maximum Gasteiger partial charge on any atom is 0.410 e. The summed E-state index contributed by atoms with van der Waals surface area (Å²) in [6, 6.07) is 11.5. The molecule has 8 rings (SSSR count). The number of imidazole rings is 2. The van der Waals surface area contributed by atoms with Crippen molar-refractivity contribution < 1.29 is 19.1 Å². The summed E-state index contributed by atoms with van der Waals surface area (Å²) in [6.45, 7) is 13.3. The number of benzene rings is 2. The molecule has 2 aliphatic heterocycles. The molecule has 324 valence electrons. The first-order valence-corrected chi connectivity index (χ1v) is 23.3. The Morgan fingerprint density at radius 2 is 1.22 bits per heavy atom. The highest BCUT2D eigenvalue weighted by molar-refractivity contribution is 14.1. The topological polar surface area (TPSA) is 150 Å². The number of halogens is 3. The minimum absolute atomic E-state index is 0. The van der Waals surface area contributed by atoms with E-state index in [0.717, 1.165) is 73.0 Å². The van der Waals surface area contributed by atoms with Crippen LogP contribution in [0.15, 0.2) is 67.3 Å². The largest absolute Gasteiger partial charge is 0.444 e. The molecule has 2 aliphatic rings. The molecule has 0 saturated carbocycles. The van der Waals surface area contributed by atoms with Crippen LogP contribution in [0.2, 0.25) is 0 Å². The van der Waals surface area contributed by atoms with Crippen molar-refractivity contribution in [1.29, 1.82) is 0 Å². The van der Waals surface area contributed by atoms with Gasteiger partial charge in [0.05, 0.1) is 57.6 Å². The van der Waals surface area contributed by atoms with Gasteiger partial charge in [-0.3, -0.25) is 23.7 Å². The van der Waals surface area contributed by atoms with Crippen LogP contribution in [-0.2, 0) is 16.5 Å². The zero-order valence-corrected chi connectivity index (χ0v) is 40.0. The summed E-state index contributed by atoms with van der Waals surface area (Å²) in [7, 11) is 1.77. The fourth-order valence-corrected chi connectivity index (χ4v) is 8.50. The number of alkyl halides is 1. The molecule has 2 amide bonds. The summed E-state index contributed by atoms with van der Waals surface area (Å²) >= 11 is 9.19. The number of hydrogen-bond donors (Lipinski definition) is 1. The monoisotopic (exact) mass is 1060 g/mol. The number of H-pyrrole nitrogens is 1. The Balaban J connectivity index is 0.000000215. The number of rotatable bonds is 2. The maximum absolute atomic E-state index is 13.2. The van der Waals surface area contributed by atoms with E-state index in [4.69, 9.17) is 9.47 Å². The molecule has 6 heterocycles. The maximum atomic E-state index is 13.2. The third kappa shape index (κ3) is 10.2. The first kappa shape index (κ1) is 47.1. The molecule has 0 unspecified atom stereocenters. The number of likely N-dealkylation sites (tertiary alicyclic amines) is 2. The van der Waals surface area contributed by atoms with Crippen molar-refractivity contribution in [2.75, 3.05) is 31.1 Å². The Morgan fingerprint density at radius 3 is 1.72 bits per heavy atom. The minimum atomic E-state index is -0.547. The lowest BCUT2D eigenvalue weighted by Crippen LogP contribution is -2.45. The van der Waals surface area contributed by atoms with Gasteiger partial charge in [0.2, 0.25) is 0 Å². The molecule has 1 N–H and O–H groups in total. The van der Waals surface area contributed by atoms with Gasteiger partial charge in [0.25, 0.3) is 0 Å². The molecule has 2 saturated heterocycles. The number of aromatic amines is 1. The Labute approximate surface area is 380 Å². The number of carbonyl (C=O) groups excluding carboxylic acids is 2. The van der Waals surface area contributed by atoms with E-state index in [-0.39, 0.29) is 43.1 Å². The van der Waals surface area contributed by atoms with E-state index in [9.17, 15) is 19.2 Å². The minimum Gasteiger partial charge on any atom is -0.444 e. The van der Waals surface area contributed by atoms with E-state index in [2.05, 4.69) is 69.4 Å². The van der Waals surface area contributed by atoms with Crippen molar-refractivity contribution in [2.24, 2.45) is 7.05 Å². The summed E-state index contributed by atoms with van der Waals surface area (Å²) in [5.41, 5.74) is 3.46. The zero-order chi connectivity index (χ0) is 43.0. The molecular weight excluding hydrogens is 1010 g/mol. The molecule has 0 aliphatic carbocycles. The van der Waals surface area contributed by atoms with E-state index >= 15 is 0 Å². The van der Waals surface area contributed by atoms with Crippen LogP contribution in [-0.4, -0.2) is 93.0 Å². The molecule has 17 heteroatoms. The summed E-state index contributed by atoms with van der Waals surface area (Å²) in [5, 5.41) is 1.82. The predicted molar refractivity (Wildman–Crippen MR) is 255 cm³/mol. The average molecular weight is 1070 g/mol. The number of nitrogens with one attached hydrogen (secondary N) is 1. The Bertz CT molecular complexity index is 2640. The Morgan fingerprint density at radius 1 is 0.750 bits per heavy atom. The van der Waals surface area contributed by atoms with Crippen molar-refractivity contribution in [3.8, 4) is 0 Å². The van der Waals surface area contributed by atoms with Gasteiger partial charge in [-0.15, -0.1) is 0 Å². The number of amides is 2. The van der Waals surface area contributed by atoms with Crippen LogP contribution in [0, 0.1) is 0 Å². The molecule has 2 aromatic carbocycles. The molecule has 6 aromatic rings. The second-order valence-electron chi connectivity index (χ2n) is 16.8. The van der Waals surface area contributed by atoms with Gasteiger partial charge in [-0.05, 0) is 109 Å². The third-order valence-electron chi connectivity index (χ3n) is 10.2. The van der Waals surface area contributed by atoms with Crippen molar-refractivity contribution in [2.45, 2.75) is 97.9 Å². The Kier molecular flexibility index (Phi) is 14.9. The number of piperidine rings is 2. The lowest BCUT2D eigenvalue weighted by atomic mass is 10.1. The van der Waals surface area contributed by atoms with E-state index in [0.29, 0.717) is 31.7 Å². The summed E-state index contributed by atoms with van der Waals surface area (Å²) in [4.78, 5) is 68.4. The lowest BCUT2D eigenvalue weighted by Gasteiger charge is -2.34. The molecule has 0 spiro atoms. The number of ether oxygens (including phenoxy) is 2. The normalized spacial score (nSPS) is 17.1. The smallest absolute Gasteiger partial charge is 0.410 e. The lowest BCUT2D eigenvalue weighted by molar-refractivity contribution is 0.0163. The molecule has 14 nitrogen and oxygen atoms in total. The number of aromatic nitrogens is 6. The summed E-state index contributed by atoms with van der Waals surface area (Å²) < 4.78 is 18.2. The standard InChI is InChI=1S/C21H25BrN4O3.C20H23BrN4O3.CH3I.CH4/c1-21(2,3)29-20(28)25-9-5-6-14(12-25)26-18-15-10-13(22)7-8-16(15)23-11-17(18)24(4)19(26)27;1-20(2,3)28-19(27)24-8-4-5-13(11-24)25-17-14-9-12(21)6-7-15(14)22-10-16(17)23-18(25)26;1-2;/h7-8,10-11,14H,5-6,9,12H2,1-4H3;6-7,9-10,13H,4-5,8,11H2,1-3H3,(H,23,26);1H3;1H4/t14-;13-;;/m11../s1. The van der Waals surface area contributed by atoms with E-state index in [1.165, 1.54) is 0 Å². The van der Waals surface area contributed by atoms with Gasteiger partial charge in [0.15, 0.2) is 0 Å². The van der Waals surface area contributed by atoms with Gasteiger partial charge in [-0.25, -0.2) is 19.2 Å². The van der Waals surface area contributed by atoms with Gasteiger partial charge in [0.1, 0.15) is 11.2 Å². The van der Waals surface area contributed by atoms with Crippen molar-refractivity contribution in [3.05, 3.63) is 78.7 Å². The number of hydrogen-bond acceptors (Lipinski definition) is 8. The molecule has 4 aromatic heterocycles. The van der Waals surface area contributed by atoms with Crippen LogP contribution in [0.25, 0.3) is 43.9 Å². The first-order valence-electron chi connectivity index (χ1n) is 19.6. The molecule has 2 fully saturated rings. The van der Waals surface area contributed by atoms with Crippen molar-refractivity contribution in [3.63, 3.8) is 0 Å². The van der Waals surface area contributed by atoms with E-state index in [1.54, 1.807) is 38.4 Å². The number of carbonyl (C=O) groups is 2. The quantitative estimate of drug-likeness (QED) is 0.133. The highest BCUT2D eigenvalue weighted by Gasteiger charge is 2.32. The SMILES string of the molecule is C.CC(C)(C)OC(=O)N1CCC[C@@H](n2c(=O)[nH]c3cnc4ccc(Br)cc4c32)C1.CI.Cn1c(=O)n([C@@H]2CCCN(C(=O)OC(C)(C)C)C2)c2c3cc(Br)ccc3ncc21. The van der Waals surface area contributed by atoms with Gasteiger partial charge in [0, 0.05) is 52.9 Å². The van der Waals surface area contributed by atoms with Crippen LogP contribution >= 0.6 is 54.5 Å². The molecule has 0 bridgehead atoms. The highest BCUT2D eigenvalue weighted by atomic mass is 127. The molecule has 60 heavy (non-hydrogen) atoms. The van der Waals surface area contributed by atoms with Crippen LogP contribution in [0.5, 0.6) is 0 Å². The number of fused-ring (bicyclic) bond motifs is 6. The van der Waals surface area contributed by atoms with Crippen LogP contribution < -0.4 is 11.4 Å². The highest BCUT2D eigenvalue weighted by Crippen LogP contribution is 2.32. The van der Waals surface area contributed by atoms with Gasteiger partial charge < -0.3 is 24.3 Å². The molecular formula is C43H55Br2IN8O6. The summed E-state index contributed by atoms with van der Waals surface area (Å²) in [6.07, 6.45) is 6.06. The van der Waals surface area contributed by atoms with E-state index < -0.39 is 11.2 Å². The van der Waals surface area contributed by atoms with E-state index in [1.807, 2.05) is 87.4 Å². The fourth-order valence-electron chi connectivity index (χ4n) is 7.78. The molecule has 0 radical (unpaired) electrons. The van der Waals surface area contributed by atoms with Crippen LogP contribution in [0.4, 0.5) is 9.59 Å². The number of nitrogens with zero attached hydrogens (tertiary/aromatic N) is 7. The predicted octanol–water partition coefficient (Wildman–Crippen LogP) is 10.1. The fraction of sp³-hybridized carbons (Fsp3) is 0.488. The molecule has 2 atom stereocenters. The van der Waals surface area contributed by atoms with Crippen molar-refractivity contribution in [1.82, 2.24) is 38.5 Å². The number of pyridine rings is 2. The number of aryl methyl sites for hydroxylation is 1. The average Bonchev–Trinajstić information content (AvgIpc) is 3.66. The second kappa shape index (κ2) is 19.0. The van der Waals surface area contributed by atoms with Crippen LogP contribution in [0.1, 0.15) is 86.7 Å². The zero-order valence-electron chi connectivity index (χ0n) is 34.6. The van der Waals surface area contributed by atoms with Crippen molar-refractivity contribution >= 4 is 111 Å². The second-order valence-corrected chi connectivity index (χ2v) is 18.6.